The minimum atomic E-state index is 0.160. The van der Waals surface area contributed by atoms with Crippen LogP contribution in [0.5, 0.6) is 0 Å². The molecule has 0 amide bonds. The Morgan fingerprint density at radius 1 is 1.41 bits per heavy atom. The lowest BCUT2D eigenvalue weighted by molar-refractivity contribution is -0.109. The molecule has 0 saturated heterocycles. The number of thioether (sulfide) groups is 1. The Kier molecular flexibility index (Phi) is 4.24. The van der Waals surface area contributed by atoms with Crippen molar-refractivity contribution in [3.05, 3.63) is 35.2 Å². The number of carbonyl (C=O) groups excluding carboxylic acids is 1. The maximum absolute atomic E-state index is 10.7. The van der Waals surface area contributed by atoms with Gasteiger partial charge in [-0.05, 0) is 6.07 Å². The van der Waals surface area contributed by atoms with E-state index in [1.807, 2.05) is 12.1 Å². The average molecular weight is 260 g/mol. The van der Waals surface area contributed by atoms with E-state index in [2.05, 4.69) is 29.4 Å². The first-order valence-electron chi connectivity index (χ1n) is 5.36. The molecule has 2 rings (SSSR count). The summed E-state index contributed by atoms with van der Waals surface area (Å²) in [4.78, 5) is 10.7. The van der Waals surface area contributed by atoms with Crippen LogP contribution in [0.3, 0.4) is 0 Å². The molecular weight excluding hydrogens is 248 g/mol. The Bertz CT molecular complexity index is 587. The van der Waals surface area contributed by atoms with E-state index in [4.69, 9.17) is 0 Å². The molecule has 3 heteroatoms. The second kappa shape index (κ2) is 5.90. The van der Waals surface area contributed by atoms with Crippen LogP contribution in [-0.2, 0) is 4.79 Å². The third kappa shape index (κ3) is 3.36. The van der Waals surface area contributed by atoms with Gasteiger partial charge in [0.05, 0.1) is 0 Å². The molecule has 0 aliphatic carbocycles. The zero-order chi connectivity index (χ0) is 12.1. The normalized spacial score (nSPS) is 9.94. The second-order valence-corrected chi connectivity index (χ2v) is 5.72. The molecule has 2 aromatic rings. The first kappa shape index (κ1) is 12.2. The number of carbonyl (C=O) groups is 1. The summed E-state index contributed by atoms with van der Waals surface area (Å²) in [6, 6.07) is 8.28. The minimum absolute atomic E-state index is 0.160. The van der Waals surface area contributed by atoms with Gasteiger partial charge in [0.2, 0.25) is 0 Å². The molecule has 0 atom stereocenters. The van der Waals surface area contributed by atoms with Gasteiger partial charge < -0.3 is 0 Å². The van der Waals surface area contributed by atoms with Crippen LogP contribution in [0.1, 0.15) is 18.9 Å². The van der Waals surface area contributed by atoms with Gasteiger partial charge in [-0.2, -0.15) is 0 Å². The van der Waals surface area contributed by atoms with Crippen molar-refractivity contribution in [3.63, 3.8) is 0 Å². The number of rotatable bonds is 2. The third-order valence-corrected chi connectivity index (χ3v) is 4.01. The van der Waals surface area contributed by atoms with E-state index in [9.17, 15) is 4.79 Å². The zero-order valence-electron chi connectivity index (χ0n) is 9.53. The maximum Gasteiger partial charge on any atom is 0.185 e. The number of benzene rings is 1. The molecular formula is C14H12OS2. The Balaban J connectivity index is 2.04. The maximum atomic E-state index is 10.7. The smallest absolute Gasteiger partial charge is 0.185 e. The number of fused-ring (bicyclic) bond motifs is 1. The highest BCUT2D eigenvalue weighted by molar-refractivity contribution is 8.13. The van der Waals surface area contributed by atoms with Crippen LogP contribution in [0.2, 0.25) is 0 Å². The van der Waals surface area contributed by atoms with Crippen LogP contribution in [0, 0.1) is 11.8 Å². The minimum Gasteiger partial charge on any atom is -0.288 e. The van der Waals surface area contributed by atoms with E-state index in [1.54, 1.807) is 18.3 Å². The Hall–Kier alpha value is -1.24. The molecule has 0 radical (unpaired) electrons. The zero-order valence-corrected chi connectivity index (χ0v) is 11.2. The fraction of sp³-hybridized carbons (Fsp3) is 0.214. The van der Waals surface area contributed by atoms with Crippen molar-refractivity contribution < 1.29 is 4.79 Å². The first-order valence-corrected chi connectivity index (χ1v) is 7.22. The van der Waals surface area contributed by atoms with Crippen molar-refractivity contribution in [3.8, 4) is 11.8 Å². The summed E-state index contributed by atoms with van der Waals surface area (Å²) in [5.41, 5.74) is 1.10. The summed E-state index contributed by atoms with van der Waals surface area (Å²) >= 11 is 3.05. The van der Waals surface area contributed by atoms with E-state index < -0.39 is 0 Å². The molecule has 0 N–H and O–H groups in total. The van der Waals surface area contributed by atoms with Gasteiger partial charge in [0.15, 0.2) is 5.12 Å². The molecule has 0 unspecified atom stereocenters. The van der Waals surface area contributed by atoms with Crippen LogP contribution in [-0.4, -0.2) is 10.9 Å². The van der Waals surface area contributed by atoms with Crippen molar-refractivity contribution in [1.82, 2.24) is 0 Å². The second-order valence-electron chi connectivity index (χ2n) is 3.54. The van der Waals surface area contributed by atoms with E-state index in [-0.39, 0.29) is 5.12 Å². The molecule has 0 saturated carbocycles. The average Bonchev–Trinajstić information content (AvgIpc) is 2.72. The van der Waals surface area contributed by atoms with Gasteiger partial charge >= 0.3 is 0 Å². The van der Waals surface area contributed by atoms with Crippen LogP contribution in [0.25, 0.3) is 10.1 Å². The van der Waals surface area contributed by atoms with Crippen molar-refractivity contribution in [2.24, 2.45) is 0 Å². The molecule has 1 heterocycles. The quantitative estimate of drug-likeness (QED) is 0.601. The summed E-state index contributed by atoms with van der Waals surface area (Å²) in [5, 5.41) is 3.48. The van der Waals surface area contributed by atoms with Crippen LogP contribution in [0.4, 0.5) is 0 Å². The Labute approximate surface area is 109 Å². The predicted octanol–water partition coefficient (Wildman–Crippen LogP) is 3.92. The lowest BCUT2D eigenvalue weighted by Crippen LogP contribution is -1.83. The summed E-state index contributed by atoms with van der Waals surface area (Å²) in [6.45, 7) is 1.59. The third-order valence-electron chi connectivity index (χ3n) is 2.24. The molecule has 0 fully saturated rings. The SMILES string of the molecule is CC(=O)SCCC#Cc1csc2ccccc12. The highest BCUT2D eigenvalue weighted by atomic mass is 32.2. The van der Waals surface area contributed by atoms with Gasteiger partial charge in [0, 0.05) is 40.1 Å². The molecule has 17 heavy (non-hydrogen) atoms. The lowest BCUT2D eigenvalue weighted by atomic mass is 10.2. The van der Waals surface area contributed by atoms with Crippen molar-refractivity contribution in [2.75, 3.05) is 5.75 Å². The van der Waals surface area contributed by atoms with Crippen molar-refractivity contribution in [2.45, 2.75) is 13.3 Å². The molecule has 1 nitrogen and oxygen atoms in total. The van der Waals surface area contributed by atoms with Gasteiger partial charge in [-0.25, -0.2) is 0 Å². The topological polar surface area (TPSA) is 17.1 Å². The van der Waals surface area contributed by atoms with E-state index in [0.29, 0.717) is 0 Å². The Morgan fingerprint density at radius 3 is 3.06 bits per heavy atom. The van der Waals surface area contributed by atoms with Crippen LogP contribution >= 0.6 is 23.1 Å². The predicted molar refractivity (Wildman–Crippen MR) is 76.5 cm³/mol. The van der Waals surface area contributed by atoms with Crippen molar-refractivity contribution in [1.29, 1.82) is 0 Å². The van der Waals surface area contributed by atoms with E-state index in [0.717, 1.165) is 17.7 Å². The van der Waals surface area contributed by atoms with E-state index in [1.165, 1.54) is 21.8 Å². The van der Waals surface area contributed by atoms with Crippen molar-refractivity contribution >= 4 is 38.3 Å². The van der Waals surface area contributed by atoms with Crippen LogP contribution < -0.4 is 0 Å². The highest BCUT2D eigenvalue weighted by Crippen LogP contribution is 2.24. The van der Waals surface area contributed by atoms with Gasteiger partial charge in [-0.1, -0.05) is 41.8 Å². The molecule has 1 aromatic carbocycles. The molecule has 0 spiro atoms. The number of thiophene rings is 1. The summed E-state index contributed by atoms with van der Waals surface area (Å²) in [6.07, 6.45) is 0.758. The van der Waals surface area contributed by atoms with Gasteiger partial charge in [-0.3, -0.25) is 4.79 Å². The standard InChI is InChI=1S/C14H12OS2/c1-11(15)16-9-5-4-6-12-10-17-14-8-3-2-7-13(12)14/h2-3,7-8,10H,5,9H2,1H3. The number of hydrogen-bond donors (Lipinski definition) is 0. The van der Waals surface area contributed by atoms with Crippen LogP contribution in [0.15, 0.2) is 29.6 Å². The molecule has 86 valence electrons. The summed E-state index contributed by atoms with van der Waals surface area (Å²) in [5.74, 6) is 7.08. The first-order chi connectivity index (χ1) is 8.27. The summed E-state index contributed by atoms with van der Waals surface area (Å²) in [7, 11) is 0. The van der Waals surface area contributed by atoms with Gasteiger partial charge in [-0.15, -0.1) is 11.3 Å². The molecule has 0 aliphatic rings. The van der Waals surface area contributed by atoms with E-state index >= 15 is 0 Å². The Morgan fingerprint density at radius 2 is 2.24 bits per heavy atom. The molecule has 0 bridgehead atoms. The number of hydrogen-bond acceptors (Lipinski definition) is 3. The highest BCUT2D eigenvalue weighted by Gasteiger charge is 1.99. The fourth-order valence-electron chi connectivity index (χ4n) is 1.48. The lowest BCUT2D eigenvalue weighted by Gasteiger charge is -1.89. The largest absolute Gasteiger partial charge is 0.288 e. The monoisotopic (exact) mass is 260 g/mol. The van der Waals surface area contributed by atoms with Gasteiger partial charge in [0.25, 0.3) is 0 Å². The fourth-order valence-corrected chi connectivity index (χ4v) is 2.86. The van der Waals surface area contributed by atoms with Gasteiger partial charge in [0.1, 0.15) is 0 Å². The molecule has 0 aliphatic heterocycles. The molecule has 1 aromatic heterocycles. The summed E-state index contributed by atoms with van der Waals surface area (Å²) < 4.78 is 1.27.